The van der Waals surface area contributed by atoms with Gasteiger partial charge in [-0.2, -0.15) is 0 Å². The molecule has 0 aliphatic carbocycles. The minimum Gasteiger partial charge on any atom is -0.491 e. The SMILES string of the molecule is O=[N+]([O-])c1ccc(OC[C@H]2O[C@@H](O[C@H]3[C@H](O)[C@@H](O)[C@H](O)O[C@@H]3CO)[C@H](O)[C@@H](O)[C@@H]2O)cc1[N+](=O)[O-]. The van der Waals surface area contributed by atoms with Crippen molar-refractivity contribution in [3.05, 3.63) is 38.4 Å². The molecular formula is C18H24N2O15. The van der Waals surface area contributed by atoms with Crippen molar-refractivity contribution < 1.29 is 64.5 Å². The number of aliphatic hydroxyl groups is 7. The normalized spacial score (nSPS) is 37.6. The summed E-state index contributed by atoms with van der Waals surface area (Å²) < 4.78 is 21.1. The van der Waals surface area contributed by atoms with Crippen LogP contribution in [0.15, 0.2) is 18.2 Å². The number of nitro benzene ring substituents is 2. The Labute approximate surface area is 195 Å². The second-order valence-electron chi connectivity index (χ2n) is 7.82. The van der Waals surface area contributed by atoms with Crippen molar-refractivity contribution in [1.29, 1.82) is 0 Å². The van der Waals surface area contributed by atoms with Crippen molar-refractivity contribution in [3.63, 3.8) is 0 Å². The number of rotatable bonds is 8. The molecule has 2 saturated heterocycles. The Balaban J connectivity index is 1.73. The van der Waals surface area contributed by atoms with Crippen LogP contribution >= 0.6 is 0 Å². The zero-order valence-electron chi connectivity index (χ0n) is 17.7. The van der Waals surface area contributed by atoms with Crippen molar-refractivity contribution in [2.24, 2.45) is 0 Å². The van der Waals surface area contributed by atoms with E-state index in [0.717, 1.165) is 18.2 Å². The lowest BCUT2D eigenvalue weighted by Gasteiger charge is -2.45. The van der Waals surface area contributed by atoms with Crippen molar-refractivity contribution in [1.82, 2.24) is 0 Å². The standard InChI is InChI=1S/C18H24N2O15/c21-4-9-16(13(24)14(25)17(27)33-9)35-18-15(26)12(23)11(22)10(34-18)5-32-6-1-2-7(19(28)29)8(3-6)20(30)31/h1-3,9-18,21-27H,4-5H2/t9-,10-,11-,12+,13-,14-,15-,16-,17-,18+/m1/s1. The maximum Gasteiger partial charge on any atom is 0.349 e. The molecule has 0 aromatic heterocycles. The summed E-state index contributed by atoms with van der Waals surface area (Å²) in [4.78, 5) is 20.1. The van der Waals surface area contributed by atoms with Gasteiger partial charge < -0.3 is 54.7 Å². The summed E-state index contributed by atoms with van der Waals surface area (Å²) in [5.41, 5.74) is -1.63. The van der Waals surface area contributed by atoms with Gasteiger partial charge in [0.1, 0.15) is 61.2 Å². The Hall–Kier alpha value is -2.58. The van der Waals surface area contributed by atoms with E-state index >= 15 is 0 Å². The molecule has 0 unspecified atom stereocenters. The van der Waals surface area contributed by atoms with Gasteiger partial charge in [0.2, 0.25) is 0 Å². The van der Waals surface area contributed by atoms with Crippen molar-refractivity contribution in [3.8, 4) is 5.75 Å². The van der Waals surface area contributed by atoms with Crippen LogP contribution in [0.4, 0.5) is 11.4 Å². The predicted molar refractivity (Wildman–Crippen MR) is 107 cm³/mol. The van der Waals surface area contributed by atoms with E-state index in [9.17, 15) is 56.0 Å². The van der Waals surface area contributed by atoms with E-state index in [2.05, 4.69) is 0 Å². The smallest absolute Gasteiger partial charge is 0.349 e. The van der Waals surface area contributed by atoms with Gasteiger partial charge in [-0.1, -0.05) is 0 Å². The van der Waals surface area contributed by atoms with E-state index in [1.165, 1.54) is 0 Å². The summed E-state index contributed by atoms with van der Waals surface area (Å²) in [6.07, 6.45) is -17.0. The number of hydrogen-bond acceptors (Lipinski definition) is 15. The zero-order valence-corrected chi connectivity index (χ0v) is 17.7. The molecule has 2 fully saturated rings. The molecule has 0 spiro atoms. The maximum atomic E-state index is 11.1. The van der Waals surface area contributed by atoms with Crippen molar-refractivity contribution in [2.45, 2.75) is 61.4 Å². The van der Waals surface area contributed by atoms with E-state index in [-0.39, 0.29) is 5.75 Å². The molecule has 196 valence electrons. The second kappa shape index (κ2) is 11.0. The lowest BCUT2D eigenvalue weighted by molar-refractivity contribution is -0.422. The third-order valence-electron chi connectivity index (χ3n) is 5.55. The molecule has 0 saturated carbocycles. The summed E-state index contributed by atoms with van der Waals surface area (Å²) in [7, 11) is 0. The average Bonchev–Trinajstić information content (AvgIpc) is 2.83. The molecule has 0 radical (unpaired) electrons. The predicted octanol–water partition coefficient (Wildman–Crippen LogP) is -3.49. The largest absolute Gasteiger partial charge is 0.491 e. The van der Waals surface area contributed by atoms with E-state index < -0.39 is 95.8 Å². The Morgan fingerprint density at radius 1 is 0.829 bits per heavy atom. The van der Waals surface area contributed by atoms with Crippen LogP contribution in [-0.2, 0) is 14.2 Å². The lowest BCUT2D eigenvalue weighted by Crippen LogP contribution is -2.64. The van der Waals surface area contributed by atoms with Gasteiger partial charge in [-0.05, 0) is 6.07 Å². The first-order valence-corrected chi connectivity index (χ1v) is 10.2. The molecule has 2 heterocycles. The number of ether oxygens (including phenoxy) is 4. The second-order valence-corrected chi connectivity index (χ2v) is 7.82. The minimum absolute atomic E-state index is 0.204. The summed E-state index contributed by atoms with van der Waals surface area (Å²) in [5.74, 6) is -0.204. The van der Waals surface area contributed by atoms with Crippen LogP contribution in [0.2, 0.25) is 0 Å². The van der Waals surface area contributed by atoms with Crippen molar-refractivity contribution >= 4 is 11.4 Å². The van der Waals surface area contributed by atoms with Crippen LogP contribution in [0.25, 0.3) is 0 Å². The molecule has 3 rings (SSSR count). The fraction of sp³-hybridized carbons (Fsp3) is 0.667. The van der Waals surface area contributed by atoms with Crippen LogP contribution in [-0.4, -0.2) is 120 Å². The summed E-state index contributed by atoms with van der Waals surface area (Å²) in [6.45, 7) is -1.35. The van der Waals surface area contributed by atoms with Gasteiger partial charge >= 0.3 is 11.4 Å². The molecule has 17 nitrogen and oxygen atoms in total. The highest BCUT2D eigenvalue weighted by Gasteiger charge is 2.50. The lowest BCUT2D eigenvalue weighted by atomic mass is 9.97. The molecule has 1 aromatic carbocycles. The molecule has 1 aromatic rings. The first-order chi connectivity index (χ1) is 16.5. The Bertz CT molecular complexity index is 916. The van der Waals surface area contributed by atoms with E-state index in [0.29, 0.717) is 0 Å². The summed E-state index contributed by atoms with van der Waals surface area (Å²) in [5, 5.41) is 91.7. The Morgan fingerprint density at radius 3 is 2.09 bits per heavy atom. The van der Waals surface area contributed by atoms with Crippen LogP contribution in [0, 0.1) is 20.2 Å². The van der Waals surface area contributed by atoms with Gasteiger partial charge in [-0.3, -0.25) is 20.2 Å². The molecule has 17 heteroatoms. The van der Waals surface area contributed by atoms with Gasteiger partial charge in [-0.15, -0.1) is 0 Å². The topological polar surface area (TPSA) is 265 Å². The zero-order chi connectivity index (χ0) is 26.0. The number of benzene rings is 1. The van der Waals surface area contributed by atoms with Gasteiger partial charge in [-0.25, -0.2) is 0 Å². The molecule has 0 bridgehead atoms. The Morgan fingerprint density at radius 2 is 1.49 bits per heavy atom. The Kier molecular flexibility index (Phi) is 8.49. The highest BCUT2D eigenvalue weighted by molar-refractivity contribution is 5.55. The monoisotopic (exact) mass is 508 g/mol. The van der Waals surface area contributed by atoms with Crippen LogP contribution < -0.4 is 4.74 Å². The molecule has 7 N–H and O–H groups in total. The highest BCUT2D eigenvalue weighted by Crippen LogP contribution is 2.32. The number of hydrogen-bond donors (Lipinski definition) is 7. The fourth-order valence-electron chi connectivity index (χ4n) is 3.63. The molecule has 0 amide bonds. The number of nitro groups is 2. The summed E-state index contributed by atoms with van der Waals surface area (Å²) >= 11 is 0. The van der Waals surface area contributed by atoms with Crippen molar-refractivity contribution in [2.75, 3.05) is 13.2 Å². The van der Waals surface area contributed by atoms with Gasteiger partial charge in [0, 0.05) is 6.07 Å². The third-order valence-corrected chi connectivity index (χ3v) is 5.55. The van der Waals surface area contributed by atoms with Crippen LogP contribution in [0.1, 0.15) is 0 Å². The van der Waals surface area contributed by atoms with E-state index in [1.807, 2.05) is 0 Å². The van der Waals surface area contributed by atoms with E-state index in [4.69, 9.17) is 18.9 Å². The number of aliphatic hydroxyl groups excluding tert-OH is 7. The van der Waals surface area contributed by atoms with Crippen LogP contribution in [0.5, 0.6) is 5.75 Å². The fourth-order valence-corrected chi connectivity index (χ4v) is 3.63. The van der Waals surface area contributed by atoms with Gasteiger partial charge in [0.25, 0.3) is 0 Å². The third kappa shape index (κ3) is 5.64. The molecule has 2 aliphatic heterocycles. The molecule has 2 aliphatic rings. The minimum atomic E-state index is -1.88. The maximum absolute atomic E-state index is 11.1. The highest BCUT2D eigenvalue weighted by atomic mass is 16.7. The molecule has 35 heavy (non-hydrogen) atoms. The van der Waals surface area contributed by atoms with Crippen LogP contribution in [0.3, 0.4) is 0 Å². The van der Waals surface area contributed by atoms with Gasteiger partial charge in [0.15, 0.2) is 12.6 Å². The van der Waals surface area contributed by atoms with Gasteiger partial charge in [0.05, 0.1) is 22.5 Å². The first-order valence-electron chi connectivity index (χ1n) is 10.2. The quantitative estimate of drug-likeness (QED) is 0.133. The first kappa shape index (κ1) is 27.0. The summed E-state index contributed by atoms with van der Waals surface area (Å²) in [6, 6.07) is 2.68. The molecular weight excluding hydrogens is 484 g/mol. The molecule has 10 atom stereocenters. The number of nitrogens with zero attached hydrogens (tertiary/aromatic N) is 2. The average molecular weight is 508 g/mol. The van der Waals surface area contributed by atoms with E-state index in [1.54, 1.807) is 0 Å².